The van der Waals surface area contributed by atoms with Crippen LogP contribution in [-0.4, -0.2) is 50.4 Å². The molecule has 1 saturated heterocycles. The fraction of sp³-hybridized carbons (Fsp3) is 0.304. The summed E-state index contributed by atoms with van der Waals surface area (Å²) in [5, 5.41) is -0.368. The van der Waals surface area contributed by atoms with Crippen molar-refractivity contribution in [3.63, 3.8) is 0 Å². The maximum Gasteiger partial charge on any atom is 0.416 e. The first-order valence-corrected chi connectivity index (χ1v) is 12.7. The topological polar surface area (TPSA) is 93.9 Å². The lowest BCUT2D eigenvalue weighted by molar-refractivity contribution is -0.137. The van der Waals surface area contributed by atoms with E-state index in [9.17, 15) is 31.2 Å². The van der Waals surface area contributed by atoms with Gasteiger partial charge in [0.05, 0.1) is 26.8 Å². The molecule has 1 atom stereocenters. The molecule has 1 aliphatic rings. The number of alkyl halides is 3. The Hall–Kier alpha value is -3.05. The highest BCUT2D eigenvalue weighted by Crippen LogP contribution is 2.38. The first-order chi connectivity index (χ1) is 16.3. The summed E-state index contributed by atoms with van der Waals surface area (Å²) in [6.07, 6.45) is -3.34. The summed E-state index contributed by atoms with van der Waals surface area (Å²) in [4.78, 5) is 26.4. The van der Waals surface area contributed by atoms with Gasteiger partial charge in [0.1, 0.15) is 11.5 Å². The molecule has 7 nitrogen and oxygen atoms in total. The third-order valence-electron chi connectivity index (χ3n) is 5.74. The van der Waals surface area contributed by atoms with Crippen LogP contribution in [0.4, 0.5) is 13.2 Å². The highest BCUT2D eigenvalue weighted by atomic mass is 35.5. The molecule has 0 bridgehead atoms. The van der Waals surface area contributed by atoms with E-state index in [0.717, 1.165) is 24.5 Å². The number of hydrogen-bond acceptors (Lipinski definition) is 6. The van der Waals surface area contributed by atoms with Crippen LogP contribution in [0.3, 0.4) is 0 Å². The molecule has 35 heavy (non-hydrogen) atoms. The number of sulfone groups is 1. The minimum atomic E-state index is -4.69. The number of carbonyl (C=O) groups is 1. The van der Waals surface area contributed by atoms with Crippen molar-refractivity contribution < 1.29 is 35.5 Å². The molecule has 12 heteroatoms. The minimum Gasteiger partial charge on any atom is -0.483 e. The number of carbonyl (C=O) groups excluding carboxylic acids is 1. The van der Waals surface area contributed by atoms with Crippen LogP contribution < -0.4 is 10.2 Å². The van der Waals surface area contributed by atoms with Crippen molar-refractivity contribution in [1.82, 2.24) is 4.90 Å². The first-order valence-electron chi connectivity index (χ1n) is 10.4. The number of benzene rings is 2. The largest absolute Gasteiger partial charge is 0.483 e. The van der Waals surface area contributed by atoms with Gasteiger partial charge in [0.2, 0.25) is 0 Å². The van der Waals surface area contributed by atoms with E-state index < -0.39 is 44.8 Å². The van der Waals surface area contributed by atoms with Crippen LogP contribution in [0, 0.1) is 0 Å². The highest BCUT2D eigenvalue weighted by Gasteiger charge is 2.34. The van der Waals surface area contributed by atoms with Crippen molar-refractivity contribution >= 4 is 38.3 Å². The molecule has 1 fully saturated rings. The van der Waals surface area contributed by atoms with Crippen LogP contribution in [-0.2, 0) is 20.8 Å². The second-order valence-corrected chi connectivity index (χ2v) is 10.9. The average molecular weight is 530 g/mol. The lowest BCUT2D eigenvalue weighted by Gasteiger charge is -2.18. The van der Waals surface area contributed by atoms with Crippen LogP contribution in [0.25, 0.3) is 22.3 Å². The Balaban J connectivity index is 1.67. The van der Waals surface area contributed by atoms with Crippen LogP contribution in [0.2, 0.25) is 5.02 Å². The molecule has 4 rings (SSSR count). The zero-order chi connectivity index (χ0) is 25.5. The number of para-hydroxylation sites is 1. The number of amides is 1. The van der Waals surface area contributed by atoms with E-state index in [1.165, 1.54) is 17.0 Å². The number of ether oxygens (including phenoxy) is 1. The number of fused-ring (bicyclic) bond motifs is 1. The SMILES string of the molecule is CS(=O)(=O)[C@H]1CCN(C(=O)COc2cc(C(F)(F)F)ccc2-c2cc(=O)c3cccc(Cl)c3o2)C1. The standard InChI is InChI=1S/C23H19ClF3NO6S/c1-35(31,32)14-7-8-28(11-14)21(30)12-33-19-9-13(23(25,26)27)5-6-16(19)20-10-18(29)15-3-2-4-17(24)22(15)34-20/h2-6,9-10,14H,7-8,11-12H2,1H3/t14-/m0/s1. The fourth-order valence-corrected chi connectivity index (χ4v) is 5.03. The quantitative estimate of drug-likeness (QED) is 0.493. The number of rotatable bonds is 5. The molecule has 2 aromatic carbocycles. The van der Waals surface area contributed by atoms with Crippen molar-refractivity contribution in [1.29, 1.82) is 0 Å². The van der Waals surface area contributed by atoms with Crippen LogP contribution in [0.1, 0.15) is 12.0 Å². The van der Waals surface area contributed by atoms with Crippen molar-refractivity contribution in [2.45, 2.75) is 17.8 Å². The molecule has 1 aliphatic heterocycles. The lowest BCUT2D eigenvalue weighted by atomic mass is 10.1. The molecule has 1 amide bonds. The summed E-state index contributed by atoms with van der Waals surface area (Å²) in [5.41, 5.74) is -1.42. The Morgan fingerprint density at radius 3 is 2.63 bits per heavy atom. The van der Waals surface area contributed by atoms with E-state index in [1.807, 2.05) is 0 Å². The summed E-state index contributed by atoms with van der Waals surface area (Å²) in [6, 6.07) is 8.26. The zero-order valence-corrected chi connectivity index (χ0v) is 19.8. The second-order valence-electron chi connectivity index (χ2n) is 8.17. The van der Waals surface area contributed by atoms with Crippen molar-refractivity contribution in [3.05, 3.63) is 63.3 Å². The van der Waals surface area contributed by atoms with E-state index >= 15 is 0 Å². The summed E-state index contributed by atoms with van der Waals surface area (Å²) in [7, 11) is -3.34. The molecule has 0 aliphatic carbocycles. The molecular weight excluding hydrogens is 511 g/mol. The van der Waals surface area contributed by atoms with Gasteiger partial charge in [-0.1, -0.05) is 17.7 Å². The van der Waals surface area contributed by atoms with Crippen molar-refractivity contribution in [2.24, 2.45) is 0 Å². The molecule has 2 heterocycles. The summed E-state index contributed by atoms with van der Waals surface area (Å²) < 4.78 is 74.7. The molecule has 0 spiro atoms. The molecule has 0 saturated carbocycles. The van der Waals surface area contributed by atoms with Gasteiger partial charge in [0, 0.05) is 25.4 Å². The number of likely N-dealkylation sites (tertiary alicyclic amines) is 1. The maximum absolute atomic E-state index is 13.3. The van der Waals surface area contributed by atoms with Gasteiger partial charge in [-0.15, -0.1) is 0 Å². The smallest absolute Gasteiger partial charge is 0.416 e. The normalized spacial score (nSPS) is 16.6. The van der Waals surface area contributed by atoms with Crippen LogP contribution >= 0.6 is 11.6 Å². The van der Waals surface area contributed by atoms with Gasteiger partial charge in [-0.05, 0) is 36.8 Å². The molecular formula is C23H19ClF3NO6S. The highest BCUT2D eigenvalue weighted by molar-refractivity contribution is 7.91. The number of halogens is 4. The van der Waals surface area contributed by atoms with Gasteiger partial charge in [-0.2, -0.15) is 13.2 Å². The van der Waals surface area contributed by atoms with Gasteiger partial charge in [0.15, 0.2) is 27.5 Å². The Kier molecular flexibility index (Phi) is 6.58. The average Bonchev–Trinajstić information content (AvgIpc) is 3.28. The lowest BCUT2D eigenvalue weighted by Crippen LogP contribution is -2.35. The molecule has 186 valence electrons. The fourth-order valence-electron chi connectivity index (χ4n) is 3.83. The van der Waals surface area contributed by atoms with Gasteiger partial charge in [-0.25, -0.2) is 8.42 Å². The summed E-state index contributed by atoms with van der Waals surface area (Å²) in [6.45, 7) is -0.467. The van der Waals surface area contributed by atoms with E-state index in [4.69, 9.17) is 20.8 Å². The number of nitrogens with zero attached hydrogens (tertiary/aromatic N) is 1. The third kappa shape index (κ3) is 5.30. The van der Waals surface area contributed by atoms with Crippen molar-refractivity contribution in [2.75, 3.05) is 26.0 Å². The predicted octanol–water partition coefficient (Wildman–Crippen LogP) is 4.16. The second kappa shape index (κ2) is 9.19. The van der Waals surface area contributed by atoms with Gasteiger partial charge in [0.25, 0.3) is 5.91 Å². The Morgan fingerprint density at radius 1 is 1.23 bits per heavy atom. The van der Waals surface area contributed by atoms with Gasteiger partial charge < -0.3 is 14.1 Å². The Labute approximate surface area is 203 Å². The third-order valence-corrected chi connectivity index (χ3v) is 7.63. The Bertz CT molecular complexity index is 1470. The van der Waals surface area contributed by atoms with E-state index in [1.54, 1.807) is 6.07 Å². The van der Waals surface area contributed by atoms with Crippen molar-refractivity contribution in [3.8, 4) is 17.1 Å². The van der Waals surface area contributed by atoms with Gasteiger partial charge in [-0.3, -0.25) is 9.59 Å². The molecule has 3 aromatic rings. The Morgan fingerprint density at radius 2 is 1.97 bits per heavy atom. The minimum absolute atomic E-state index is 0.0140. The van der Waals surface area contributed by atoms with E-state index in [2.05, 4.69) is 0 Å². The van der Waals surface area contributed by atoms with Crippen LogP contribution in [0.5, 0.6) is 5.75 Å². The van der Waals surface area contributed by atoms with E-state index in [0.29, 0.717) is 6.07 Å². The molecule has 1 aromatic heterocycles. The first kappa shape index (κ1) is 25.1. The molecule has 0 N–H and O–H groups in total. The van der Waals surface area contributed by atoms with E-state index in [-0.39, 0.29) is 52.6 Å². The molecule has 0 unspecified atom stereocenters. The van der Waals surface area contributed by atoms with Crippen LogP contribution in [0.15, 0.2) is 51.7 Å². The number of hydrogen-bond donors (Lipinski definition) is 0. The summed E-state index contributed by atoms with van der Waals surface area (Å²) in [5.74, 6) is -1.01. The predicted molar refractivity (Wildman–Crippen MR) is 123 cm³/mol. The maximum atomic E-state index is 13.3. The summed E-state index contributed by atoms with van der Waals surface area (Å²) >= 11 is 6.13. The molecule has 0 radical (unpaired) electrons. The van der Waals surface area contributed by atoms with Gasteiger partial charge >= 0.3 is 6.18 Å². The monoisotopic (exact) mass is 529 g/mol. The zero-order valence-electron chi connectivity index (χ0n) is 18.3.